The molecule has 0 N–H and O–H groups in total. The van der Waals surface area contributed by atoms with Gasteiger partial charge in [-0.1, -0.05) is 74.2 Å². The minimum atomic E-state index is -2.20. The zero-order valence-corrected chi connectivity index (χ0v) is 14.2. The van der Waals surface area contributed by atoms with Crippen LogP contribution in [0.2, 0.25) is 12.1 Å². The molecule has 22 heavy (non-hydrogen) atoms. The molecule has 2 aromatic rings. The van der Waals surface area contributed by atoms with Crippen LogP contribution in [0.1, 0.15) is 29.8 Å². The summed E-state index contributed by atoms with van der Waals surface area (Å²) in [6, 6.07) is 21.1. The minimum absolute atomic E-state index is 0.214. The summed E-state index contributed by atoms with van der Waals surface area (Å²) in [6.45, 7) is 4.20. The van der Waals surface area contributed by atoms with Crippen molar-refractivity contribution < 1.29 is 9.22 Å². The number of hydrogen-bond acceptors (Lipinski definition) is 2. The molecule has 0 saturated carbocycles. The van der Waals surface area contributed by atoms with Gasteiger partial charge in [0.2, 0.25) is 0 Å². The van der Waals surface area contributed by atoms with Crippen molar-refractivity contribution in [3.63, 3.8) is 0 Å². The van der Waals surface area contributed by atoms with E-state index in [1.165, 1.54) is 0 Å². The van der Waals surface area contributed by atoms with E-state index in [0.29, 0.717) is 5.56 Å². The fourth-order valence-corrected chi connectivity index (χ4v) is 4.61. The highest BCUT2D eigenvalue weighted by molar-refractivity contribution is 6.80. The zero-order chi connectivity index (χ0) is 15.8. The summed E-state index contributed by atoms with van der Waals surface area (Å²) >= 11 is 0. The molecule has 0 amide bonds. The van der Waals surface area contributed by atoms with E-state index in [1.54, 1.807) is 12.1 Å². The van der Waals surface area contributed by atoms with Crippen LogP contribution in [0.15, 0.2) is 66.4 Å². The molecule has 0 saturated heterocycles. The largest absolute Gasteiger partial charge is 0.512 e. The van der Waals surface area contributed by atoms with Gasteiger partial charge in [-0.15, -0.1) is 0 Å². The first-order valence-electron chi connectivity index (χ1n) is 7.72. The number of hydrogen-bond donors (Lipinski definition) is 0. The number of carbonyl (C=O) groups excluding carboxylic acids is 1. The summed E-state index contributed by atoms with van der Waals surface area (Å²) in [5.74, 6) is -0.214. The van der Waals surface area contributed by atoms with Gasteiger partial charge in [-0.25, -0.2) is 4.79 Å². The molecule has 0 radical (unpaired) electrons. The zero-order valence-electron chi connectivity index (χ0n) is 13.2. The number of benzene rings is 2. The maximum absolute atomic E-state index is 12.4. The maximum Gasteiger partial charge on any atom is 0.325 e. The van der Waals surface area contributed by atoms with Crippen LogP contribution in [-0.2, 0) is 4.43 Å². The third-order valence-corrected chi connectivity index (χ3v) is 7.64. The predicted octanol–water partition coefficient (Wildman–Crippen LogP) is 5.08. The van der Waals surface area contributed by atoms with Gasteiger partial charge >= 0.3 is 5.97 Å². The van der Waals surface area contributed by atoms with Crippen molar-refractivity contribution >= 4 is 20.4 Å². The Labute approximate surface area is 133 Å². The Morgan fingerprint density at radius 3 is 2.05 bits per heavy atom. The van der Waals surface area contributed by atoms with Gasteiger partial charge in [0.1, 0.15) is 0 Å². The van der Waals surface area contributed by atoms with Crippen molar-refractivity contribution in [3.8, 4) is 0 Å². The van der Waals surface area contributed by atoms with Crippen LogP contribution < -0.4 is 0 Å². The van der Waals surface area contributed by atoms with E-state index in [9.17, 15) is 4.79 Å². The first-order valence-corrected chi connectivity index (χ1v) is 10.1. The van der Waals surface area contributed by atoms with Crippen molar-refractivity contribution in [2.24, 2.45) is 0 Å². The van der Waals surface area contributed by atoms with Crippen molar-refractivity contribution in [1.29, 1.82) is 0 Å². The van der Waals surface area contributed by atoms with Crippen LogP contribution in [0.25, 0.3) is 6.08 Å². The highest BCUT2D eigenvalue weighted by atomic mass is 28.4. The standard InChI is InChI=1S/C19H22O2Si/c1-3-22(4-2,16-15-17-11-7-5-8-12-17)21-19(20)18-13-9-6-10-14-18/h5-16H,3-4H2,1-2H3. The quantitative estimate of drug-likeness (QED) is 0.695. The van der Waals surface area contributed by atoms with E-state index in [1.807, 2.05) is 36.4 Å². The van der Waals surface area contributed by atoms with Crippen molar-refractivity contribution in [2.75, 3.05) is 0 Å². The molecular weight excluding hydrogens is 288 g/mol. The topological polar surface area (TPSA) is 26.3 Å². The molecule has 0 aliphatic heterocycles. The molecule has 2 aromatic carbocycles. The normalized spacial score (nSPS) is 11.5. The smallest absolute Gasteiger partial charge is 0.325 e. The predicted molar refractivity (Wildman–Crippen MR) is 94.0 cm³/mol. The van der Waals surface area contributed by atoms with E-state index in [4.69, 9.17) is 4.43 Å². The minimum Gasteiger partial charge on any atom is -0.512 e. The van der Waals surface area contributed by atoms with Gasteiger partial charge in [0.05, 0.1) is 5.56 Å². The Kier molecular flexibility index (Phi) is 5.73. The van der Waals surface area contributed by atoms with Gasteiger partial charge in [-0.3, -0.25) is 0 Å². The molecule has 0 aliphatic carbocycles. The Bertz CT molecular complexity index is 616. The monoisotopic (exact) mass is 310 g/mol. The van der Waals surface area contributed by atoms with E-state index in [0.717, 1.165) is 17.7 Å². The van der Waals surface area contributed by atoms with Crippen molar-refractivity contribution in [2.45, 2.75) is 25.9 Å². The van der Waals surface area contributed by atoms with Crippen molar-refractivity contribution in [3.05, 3.63) is 77.5 Å². The molecule has 0 unspecified atom stereocenters. The summed E-state index contributed by atoms with van der Waals surface area (Å²) < 4.78 is 5.96. The summed E-state index contributed by atoms with van der Waals surface area (Å²) in [7, 11) is -2.20. The van der Waals surface area contributed by atoms with Crippen molar-refractivity contribution in [1.82, 2.24) is 0 Å². The second kappa shape index (κ2) is 7.76. The van der Waals surface area contributed by atoms with Crippen LogP contribution in [0.3, 0.4) is 0 Å². The highest BCUT2D eigenvalue weighted by Crippen LogP contribution is 2.22. The first-order chi connectivity index (χ1) is 10.7. The fraction of sp³-hybridized carbons (Fsp3) is 0.211. The average molecular weight is 310 g/mol. The van der Waals surface area contributed by atoms with E-state index in [2.05, 4.69) is 37.8 Å². The maximum atomic E-state index is 12.4. The summed E-state index contributed by atoms with van der Waals surface area (Å²) in [5.41, 5.74) is 3.90. The molecule has 0 bridgehead atoms. The van der Waals surface area contributed by atoms with Crippen LogP contribution in [-0.4, -0.2) is 14.3 Å². The third-order valence-electron chi connectivity index (χ3n) is 3.88. The molecule has 0 aromatic heterocycles. The highest BCUT2D eigenvalue weighted by Gasteiger charge is 2.32. The molecule has 2 rings (SSSR count). The summed E-state index contributed by atoms with van der Waals surface area (Å²) in [6.07, 6.45) is 2.08. The van der Waals surface area contributed by atoms with Gasteiger partial charge in [0.15, 0.2) is 0 Å². The average Bonchev–Trinajstić information content (AvgIpc) is 2.60. The Balaban J connectivity index is 2.18. The summed E-state index contributed by atoms with van der Waals surface area (Å²) in [4.78, 5) is 12.4. The number of carbonyl (C=O) groups is 1. The second-order valence-electron chi connectivity index (χ2n) is 5.27. The van der Waals surface area contributed by atoms with Gasteiger partial charge in [0.25, 0.3) is 8.32 Å². The molecule has 0 fully saturated rings. The third kappa shape index (κ3) is 4.18. The lowest BCUT2D eigenvalue weighted by atomic mass is 10.2. The van der Waals surface area contributed by atoms with E-state index < -0.39 is 8.32 Å². The first kappa shape index (κ1) is 16.2. The lowest BCUT2D eigenvalue weighted by Crippen LogP contribution is -2.37. The molecule has 114 valence electrons. The Morgan fingerprint density at radius 2 is 1.50 bits per heavy atom. The SMILES string of the molecule is CC[Si](C=Cc1ccccc1)(CC)OC(=O)c1ccccc1. The fourth-order valence-electron chi connectivity index (χ4n) is 2.29. The lowest BCUT2D eigenvalue weighted by Gasteiger charge is -2.25. The van der Waals surface area contributed by atoms with Gasteiger partial charge in [-0.2, -0.15) is 0 Å². The van der Waals surface area contributed by atoms with E-state index >= 15 is 0 Å². The molecule has 0 spiro atoms. The Hall–Kier alpha value is -2.13. The Morgan fingerprint density at radius 1 is 0.955 bits per heavy atom. The second-order valence-corrected chi connectivity index (χ2v) is 9.35. The van der Waals surface area contributed by atoms with Crippen LogP contribution in [0.5, 0.6) is 0 Å². The van der Waals surface area contributed by atoms with Gasteiger partial charge < -0.3 is 4.43 Å². The van der Waals surface area contributed by atoms with Gasteiger partial charge in [-0.05, 0) is 29.8 Å². The molecule has 2 nitrogen and oxygen atoms in total. The van der Waals surface area contributed by atoms with Gasteiger partial charge in [0, 0.05) is 0 Å². The molecule has 3 heteroatoms. The lowest BCUT2D eigenvalue weighted by molar-refractivity contribution is 0.0722. The molecule has 0 aliphatic rings. The van der Waals surface area contributed by atoms with Crippen LogP contribution in [0, 0.1) is 0 Å². The number of rotatable bonds is 6. The molecule has 0 atom stereocenters. The molecular formula is C19H22O2Si. The molecule has 0 heterocycles. The summed E-state index contributed by atoms with van der Waals surface area (Å²) in [5, 5.41) is 0. The van der Waals surface area contributed by atoms with Crippen LogP contribution >= 0.6 is 0 Å². The van der Waals surface area contributed by atoms with E-state index in [-0.39, 0.29) is 5.97 Å². The van der Waals surface area contributed by atoms with Crippen LogP contribution in [0.4, 0.5) is 0 Å².